The van der Waals surface area contributed by atoms with E-state index in [9.17, 15) is 10.2 Å². The van der Waals surface area contributed by atoms with Gasteiger partial charge in [-0.2, -0.15) is 0 Å². The molecule has 0 amide bonds. The number of nitrogens with zero attached hydrogens (tertiary/aromatic N) is 1. The number of aliphatic hydroxyl groups is 2. The molecule has 1 aliphatic rings. The van der Waals surface area contributed by atoms with Crippen molar-refractivity contribution in [3.05, 3.63) is 35.9 Å². The predicted molar refractivity (Wildman–Crippen MR) is 67.7 cm³/mol. The van der Waals surface area contributed by atoms with Crippen molar-refractivity contribution < 1.29 is 10.2 Å². The lowest BCUT2D eigenvalue weighted by atomic mass is 10.1. The SMILES string of the molecule is OCC1CCCN1CCC(O)c1ccccc1. The van der Waals surface area contributed by atoms with Crippen LogP contribution in [0.4, 0.5) is 0 Å². The second kappa shape index (κ2) is 6.15. The third-order valence-corrected chi connectivity index (χ3v) is 3.58. The Morgan fingerprint density at radius 2 is 2.06 bits per heavy atom. The normalized spacial score (nSPS) is 22.8. The van der Waals surface area contributed by atoms with Gasteiger partial charge < -0.3 is 10.2 Å². The van der Waals surface area contributed by atoms with Crippen molar-refractivity contribution in [2.24, 2.45) is 0 Å². The Bertz CT molecular complexity index is 328. The van der Waals surface area contributed by atoms with Crippen LogP contribution in [-0.2, 0) is 0 Å². The number of hydrogen-bond acceptors (Lipinski definition) is 3. The van der Waals surface area contributed by atoms with E-state index in [1.165, 1.54) is 0 Å². The lowest BCUT2D eigenvalue weighted by Gasteiger charge is -2.23. The fourth-order valence-electron chi connectivity index (χ4n) is 2.53. The Balaban J connectivity index is 1.82. The smallest absolute Gasteiger partial charge is 0.0802 e. The van der Waals surface area contributed by atoms with Gasteiger partial charge in [-0.1, -0.05) is 30.3 Å². The quantitative estimate of drug-likeness (QED) is 0.814. The molecule has 1 saturated heterocycles. The van der Waals surface area contributed by atoms with Gasteiger partial charge in [0.05, 0.1) is 12.7 Å². The molecule has 0 aromatic heterocycles. The van der Waals surface area contributed by atoms with Gasteiger partial charge in [-0.3, -0.25) is 4.90 Å². The maximum Gasteiger partial charge on any atom is 0.0802 e. The molecule has 1 aromatic rings. The van der Waals surface area contributed by atoms with E-state index in [4.69, 9.17) is 0 Å². The van der Waals surface area contributed by atoms with E-state index >= 15 is 0 Å². The monoisotopic (exact) mass is 235 g/mol. The van der Waals surface area contributed by atoms with Crippen LogP contribution < -0.4 is 0 Å². The summed E-state index contributed by atoms with van der Waals surface area (Å²) in [6.07, 6.45) is 2.58. The fraction of sp³-hybridized carbons (Fsp3) is 0.571. The summed E-state index contributed by atoms with van der Waals surface area (Å²) in [5.41, 5.74) is 0.979. The van der Waals surface area contributed by atoms with E-state index < -0.39 is 6.10 Å². The zero-order valence-corrected chi connectivity index (χ0v) is 10.1. The lowest BCUT2D eigenvalue weighted by molar-refractivity contribution is 0.117. The fourth-order valence-corrected chi connectivity index (χ4v) is 2.53. The van der Waals surface area contributed by atoms with Crippen molar-refractivity contribution in [3.8, 4) is 0 Å². The highest BCUT2D eigenvalue weighted by atomic mass is 16.3. The molecule has 2 atom stereocenters. The van der Waals surface area contributed by atoms with Crippen molar-refractivity contribution in [1.29, 1.82) is 0 Å². The molecule has 1 aromatic carbocycles. The maximum atomic E-state index is 10.1. The second-order valence-corrected chi connectivity index (χ2v) is 4.73. The highest BCUT2D eigenvalue weighted by Crippen LogP contribution is 2.21. The number of hydrogen-bond donors (Lipinski definition) is 2. The van der Waals surface area contributed by atoms with E-state index in [1.807, 2.05) is 30.3 Å². The van der Waals surface area contributed by atoms with Crippen LogP contribution in [0.3, 0.4) is 0 Å². The Labute approximate surface area is 103 Å². The van der Waals surface area contributed by atoms with Gasteiger partial charge in [0.25, 0.3) is 0 Å². The van der Waals surface area contributed by atoms with Crippen LogP contribution in [0.25, 0.3) is 0 Å². The average Bonchev–Trinajstić information content (AvgIpc) is 2.84. The molecule has 2 N–H and O–H groups in total. The largest absolute Gasteiger partial charge is 0.395 e. The Kier molecular flexibility index (Phi) is 4.54. The van der Waals surface area contributed by atoms with Gasteiger partial charge in [0.1, 0.15) is 0 Å². The van der Waals surface area contributed by atoms with E-state index in [0.29, 0.717) is 6.04 Å². The van der Waals surface area contributed by atoms with Crippen LogP contribution in [0.5, 0.6) is 0 Å². The molecule has 1 aliphatic heterocycles. The topological polar surface area (TPSA) is 43.7 Å². The first-order valence-corrected chi connectivity index (χ1v) is 6.39. The maximum absolute atomic E-state index is 10.1. The summed E-state index contributed by atoms with van der Waals surface area (Å²) in [4.78, 5) is 2.28. The van der Waals surface area contributed by atoms with E-state index in [0.717, 1.165) is 37.9 Å². The van der Waals surface area contributed by atoms with Gasteiger partial charge in [-0.05, 0) is 31.4 Å². The average molecular weight is 235 g/mol. The molecule has 2 rings (SSSR count). The summed E-state index contributed by atoms with van der Waals surface area (Å²) in [7, 11) is 0. The number of benzene rings is 1. The highest BCUT2D eigenvalue weighted by Gasteiger charge is 2.23. The molecule has 94 valence electrons. The van der Waals surface area contributed by atoms with Gasteiger partial charge in [0.15, 0.2) is 0 Å². The first kappa shape index (κ1) is 12.6. The molecule has 1 heterocycles. The summed E-state index contributed by atoms with van der Waals surface area (Å²) in [5, 5.41) is 19.3. The van der Waals surface area contributed by atoms with Crippen LogP contribution in [0.15, 0.2) is 30.3 Å². The van der Waals surface area contributed by atoms with Crippen molar-refractivity contribution in [1.82, 2.24) is 4.90 Å². The van der Waals surface area contributed by atoms with Crippen molar-refractivity contribution in [2.75, 3.05) is 19.7 Å². The van der Waals surface area contributed by atoms with Crippen LogP contribution in [0, 0.1) is 0 Å². The van der Waals surface area contributed by atoms with Crippen LogP contribution >= 0.6 is 0 Å². The molecule has 1 fully saturated rings. The Morgan fingerprint density at radius 1 is 1.29 bits per heavy atom. The van der Waals surface area contributed by atoms with Crippen molar-refractivity contribution >= 4 is 0 Å². The summed E-state index contributed by atoms with van der Waals surface area (Å²) in [6.45, 7) is 2.15. The van der Waals surface area contributed by atoms with Crippen LogP contribution in [0.2, 0.25) is 0 Å². The second-order valence-electron chi connectivity index (χ2n) is 4.73. The minimum absolute atomic E-state index is 0.238. The standard InChI is InChI=1S/C14H21NO2/c16-11-13-7-4-9-15(13)10-8-14(17)12-5-2-1-3-6-12/h1-3,5-6,13-14,16-17H,4,7-11H2. The summed E-state index contributed by atoms with van der Waals surface area (Å²) in [5.74, 6) is 0. The molecule has 0 aliphatic carbocycles. The summed E-state index contributed by atoms with van der Waals surface area (Å²) in [6, 6.07) is 10.1. The highest BCUT2D eigenvalue weighted by molar-refractivity contribution is 5.17. The summed E-state index contributed by atoms with van der Waals surface area (Å²) < 4.78 is 0. The van der Waals surface area contributed by atoms with Gasteiger partial charge in [-0.25, -0.2) is 0 Å². The molecule has 0 spiro atoms. The first-order chi connectivity index (χ1) is 8.31. The van der Waals surface area contributed by atoms with Crippen molar-refractivity contribution in [2.45, 2.75) is 31.4 Å². The number of rotatable bonds is 5. The van der Waals surface area contributed by atoms with E-state index in [1.54, 1.807) is 0 Å². The van der Waals surface area contributed by atoms with E-state index in [2.05, 4.69) is 4.90 Å². The molecule has 0 saturated carbocycles. The molecule has 17 heavy (non-hydrogen) atoms. The predicted octanol–water partition coefficient (Wildman–Crippen LogP) is 1.57. The lowest BCUT2D eigenvalue weighted by Crippen LogP contribution is -2.33. The number of likely N-dealkylation sites (tertiary alicyclic amines) is 1. The molecule has 3 nitrogen and oxygen atoms in total. The minimum Gasteiger partial charge on any atom is -0.395 e. The summed E-state index contributed by atoms with van der Waals surface area (Å²) >= 11 is 0. The molecule has 3 heteroatoms. The van der Waals surface area contributed by atoms with E-state index in [-0.39, 0.29) is 6.61 Å². The third-order valence-electron chi connectivity index (χ3n) is 3.58. The zero-order valence-electron chi connectivity index (χ0n) is 10.1. The molecule has 0 bridgehead atoms. The van der Waals surface area contributed by atoms with Gasteiger partial charge >= 0.3 is 0 Å². The molecule has 0 radical (unpaired) electrons. The molecular weight excluding hydrogens is 214 g/mol. The number of aliphatic hydroxyl groups excluding tert-OH is 2. The van der Waals surface area contributed by atoms with Crippen LogP contribution in [-0.4, -0.2) is 40.9 Å². The van der Waals surface area contributed by atoms with Crippen LogP contribution in [0.1, 0.15) is 30.9 Å². The molecular formula is C14H21NO2. The van der Waals surface area contributed by atoms with Crippen molar-refractivity contribution in [3.63, 3.8) is 0 Å². The van der Waals surface area contributed by atoms with Gasteiger partial charge in [0.2, 0.25) is 0 Å². The third kappa shape index (κ3) is 3.28. The first-order valence-electron chi connectivity index (χ1n) is 6.39. The van der Waals surface area contributed by atoms with Gasteiger partial charge in [0, 0.05) is 12.6 Å². The Morgan fingerprint density at radius 3 is 2.76 bits per heavy atom. The zero-order chi connectivity index (χ0) is 12.1. The molecule has 2 unspecified atom stereocenters. The minimum atomic E-state index is -0.392. The Hall–Kier alpha value is -0.900. The van der Waals surface area contributed by atoms with Gasteiger partial charge in [-0.15, -0.1) is 0 Å².